The van der Waals surface area contributed by atoms with E-state index >= 15 is 0 Å². The molecule has 34 heavy (non-hydrogen) atoms. The third-order valence-electron chi connectivity index (χ3n) is 5.86. The molecule has 0 saturated carbocycles. The Labute approximate surface area is 194 Å². The third kappa shape index (κ3) is 3.65. The van der Waals surface area contributed by atoms with Crippen LogP contribution >= 0.6 is 0 Å². The Morgan fingerprint density at radius 2 is 1.74 bits per heavy atom. The maximum atomic E-state index is 13.0. The third-order valence-corrected chi connectivity index (χ3v) is 5.86. The Hall–Kier alpha value is -4.59. The Balaban J connectivity index is 1.23. The molecular formula is C26H21N7O. The van der Waals surface area contributed by atoms with E-state index in [1.54, 1.807) is 0 Å². The second-order valence-electron chi connectivity index (χ2n) is 8.07. The minimum absolute atomic E-state index is 0.213. The zero-order valence-electron chi connectivity index (χ0n) is 18.3. The number of carbonyl (C=O) groups excluding carboxylic acids is 1. The molecule has 6 aromatic rings. The van der Waals surface area contributed by atoms with Gasteiger partial charge in [-0.15, -0.1) is 10.2 Å². The molecule has 166 valence electrons. The first-order valence-corrected chi connectivity index (χ1v) is 11.1. The molecule has 0 aliphatic heterocycles. The topological polar surface area (TPSA) is 90.0 Å². The number of carbonyl (C=O) groups is 1. The number of rotatable bonds is 6. The van der Waals surface area contributed by atoms with Crippen molar-refractivity contribution in [3.8, 4) is 0 Å². The van der Waals surface area contributed by atoms with Crippen LogP contribution in [0.15, 0.2) is 85.1 Å². The van der Waals surface area contributed by atoms with Crippen molar-refractivity contribution >= 4 is 33.4 Å². The normalized spacial score (nSPS) is 11.4. The molecule has 0 radical (unpaired) electrons. The highest BCUT2D eigenvalue weighted by molar-refractivity contribution is 6.04. The Kier molecular flexibility index (Phi) is 4.95. The number of amides is 1. The SMILES string of the molecule is O=C(NCCc1nnc2ccccn12)c1nn(Cc2ccc3ccccc3n2)c2ccccc12. The van der Waals surface area contributed by atoms with E-state index in [-0.39, 0.29) is 5.91 Å². The summed E-state index contributed by atoms with van der Waals surface area (Å²) in [6.07, 6.45) is 2.49. The number of hydrogen-bond acceptors (Lipinski definition) is 5. The summed E-state index contributed by atoms with van der Waals surface area (Å²) >= 11 is 0. The molecule has 4 aromatic heterocycles. The number of nitrogens with zero attached hydrogens (tertiary/aromatic N) is 6. The van der Waals surface area contributed by atoms with Crippen molar-refractivity contribution in [3.05, 3.63) is 102 Å². The van der Waals surface area contributed by atoms with E-state index in [2.05, 4.69) is 26.7 Å². The molecule has 0 fully saturated rings. The van der Waals surface area contributed by atoms with E-state index < -0.39 is 0 Å². The van der Waals surface area contributed by atoms with Crippen molar-refractivity contribution in [2.45, 2.75) is 13.0 Å². The molecule has 1 amide bonds. The summed E-state index contributed by atoms with van der Waals surface area (Å²) in [6, 6.07) is 25.6. The van der Waals surface area contributed by atoms with Gasteiger partial charge in [0.1, 0.15) is 5.82 Å². The quantitative estimate of drug-likeness (QED) is 0.421. The van der Waals surface area contributed by atoms with Gasteiger partial charge in [-0.25, -0.2) is 0 Å². The number of aromatic nitrogens is 6. The second kappa shape index (κ2) is 8.40. The Morgan fingerprint density at radius 3 is 2.71 bits per heavy atom. The summed E-state index contributed by atoms with van der Waals surface area (Å²) < 4.78 is 3.76. The van der Waals surface area contributed by atoms with Gasteiger partial charge >= 0.3 is 0 Å². The second-order valence-corrected chi connectivity index (χ2v) is 8.07. The number of benzene rings is 2. The Morgan fingerprint density at radius 1 is 0.882 bits per heavy atom. The van der Waals surface area contributed by atoms with Gasteiger partial charge < -0.3 is 5.32 Å². The molecule has 0 aliphatic carbocycles. The smallest absolute Gasteiger partial charge is 0.272 e. The van der Waals surface area contributed by atoms with Gasteiger partial charge in [0.15, 0.2) is 11.3 Å². The fourth-order valence-electron chi connectivity index (χ4n) is 4.20. The fourth-order valence-corrected chi connectivity index (χ4v) is 4.20. The first-order chi connectivity index (χ1) is 16.8. The van der Waals surface area contributed by atoms with E-state index in [1.807, 2.05) is 88.1 Å². The molecule has 8 heteroatoms. The van der Waals surface area contributed by atoms with Crippen LogP contribution < -0.4 is 5.32 Å². The van der Waals surface area contributed by atoms with Crippen LogP contribution in [0.5, 0.6) is 0 Å². The molecule has 8 nitrogen and oxygen atoms in total. The molecule has 0 unspecified atom stereocenters. The Bertz CT molecular complexity index is 1650. The van der Waals surface area contributed by atoms with E-state index in [9.17, 15) is 4.79 Å². The van der Waals surface area contributed by atoms with Crippen molar-refractivity contribution in [3.63, 3.8) is 0 Å². The van der Waals surface area contributed by atoms with E-state index in [4.69, 9.17) is 4.98 Å². The zero-order valence-corrected chi connectivity index (χ0v) is 18.3. The maximum absolute atomic E-state index is 13.0. The molecule has 2 aromatic carbocycles. The first kappa shape index (κ1) is 20.0. The molecule has 6 rings (SSSR count). The lowest BCUT2D eigenvalue weighted by Crippen LogP contribution is -2.27. The van der Waals surface area contributed by atoms with Gasteiger partial charge in [-0.1, -0.05) is 48.5 Å². The zero-order chi connectivity index (χ0) is 22.9. The van der Waals surface area contributed by atoms with Gasteiger partial charge in [-0.3, -0.25) is 18.9 Å². The van der Waals surface area contributed by atoms with Crippen LogP contribution in [0.4, 0.5) is 0 Å². The lowest BCUT2D eigenvalue weighted by molar-refractivity contribution is 0.0949. The van der Waals surface area contributed by atoms with E-state index in [0.29, 0.717) is 25.2 Å². The highest BCUT2D eigenvalue weighted by atomic mass is 16.1. The lowest BCUT2D eigenvalue weighted by Gasteiger charge is -2.05. The summed E-state index contributed by atoms with van der Waals surface area (Å²) in [5.74, 6) is 0.587. The fraction of sp³-hybridized carbons (Fsp3) is 0.115. The number of para-hydroxylation sites is 2. The molecule has 0 spiro atoms. The van der Waals surface area contributed by atoms with Crippen LogP contribution in [0.25, 0.3) is 27.5 Å². The molecule has 0 saturated heterocycles. The number of fused-ring (bicyclic) bond motifs is 3. The van der Waals surface area contributed by atoms with E-state index in [1.165, 1.54) is 0 Å². The average Bonchev–Trinajstić information content (AvgIpc) is 3.46. The van der Waals surface area contributed by atoms with Crippen LogP contribution in [0.3, 0.4) is 0 Å². The monoisotopic (exact) mass is 447 g/mol. The van der Waals surface area contributed by atoms with Gasteiger partial charge in [0.2, 0.25) is 0 Å². The minimum atomic E-state index is -0.213. The lowest BCUT2D eigenvalue weighted by atomic mass is 10.2. The molecule has 0 aliphatic rings. The minimum Gasteiger partial charge on any atom is -0.350 e. The van der Waals surface area contributed by atoms with Gasteiger partial charge in [-0.2, -0.15) is 5.10 Å². The molecular weight excluding hydrogens is 426 g/mol. The largest absolute Gasteiger partial charge is 0.350 e. The number of nitrogens with one attached hydrogen (secondary N) is 1. The highest BCUT2D eigenvalue weighted by Crippen LogP contribution is 2.20. The molecule has 1 N–H and O–H groups in total. The summed E-state index contributed by atoms with van der Waals surface area (Å²) in [5.41, 5.74) is 3.91. The van der Waals surface area contributed by atoms with Crippen LogP contribution in [-0.4, -0.2) is 41.8 Å². The van der Waals surface area contributed by atoms with Gasteiger partial charge in [0.05, 0.1) is 23.3 Å². The molecule has 0 bridgehead atoms. The van der Waals surface area contributed by atoms with Crippen molar-refractivity contribution in [1.82, 2.24) is 34.7 Å². The average molecular weight is 448 g/mol. The summed E-state index contributed by atoms with van der Waals surface area (Å²) in [4.78, 5) is 17.8. The summed E-state index contributed by atoms with van der Waals surface area (Å²) in [5, 5.41) is 17.9. The summed E-state index contributed by atoms with van der Waals surface area (Å²) in [7, 11) is 0. The molecule has 0 atom stereocenters. The van der Waals surface area contributed by atoms with Crippen molar-refractivity contribution in [2.24, 2.45) is 0 Å². The van der Waals surface area contributed by atoms with Crippen LogP contribution in [0, 0.1) is 0 Å². The van der Waals surface area contributed by atoms with Crippen molar-refractivity contribution in [1.29, 1.82) is 0 Å². The number of hydrogen-bond donors (Lipinski definition) is 1. The van der Waals surface area contributed by atoms with E-state index in [0.717, 1.165) is 39.0 Å². The van der Waals surface area contributed by atoms with Crippen LogP contribution in [-0.2, 0) is 13.0 Å². The predicted octanol–water partition coefficient (Wildman–Crippen LogP) is 3.65. The summed E-state index contributed by atoms with van der Waals surface area (Å²) in [6.45, 7) is 0.909. The van der Waals surface area contributed by atoms with Crippen molar-refractivity contribution in [2.75, 3.05) is 6.54 Å². The highest BCUT2D eigenvalue weighted by Gasteiger charge is 2.17. The van der Waals surface area contributed by atoms with Gasteiger partial charge in [-0.05, 0) is 30.3 Å². The van der Waals surface area contributed by atoms with Gasteiger partial charge in [0.25, 0.3) is 5.91 Å². The first-order valence-electron chi connectivity index (χ1n) is 11.1. The standard InChI is InChI=1S/C26H21N7O/c34-26(27-15-14-24-30-29-23-11-5-6-16-32(23)24)25-20-8-2-4-10-22(20)33(31-25)17-19-13-12-18-7-1-3-9-21(18)28-19/h1-13,16H,14-15,17H2,(H,27,34). The maximum Gasteiger partial charge on any atom is 0.272 e. The van der Waals surface area contributed by atoms with Crippen LogP contribution in [0.2, 0.25) is 0 Å². The van der Waals surface area contributed by atoms with Crippen LogP contribution in [0.1, 0.15) is 22.0 Å². The van der Waals surface area contributed by atoms with Gasteiger partial charge in [0, 0.05) is 29.9 Å². The predicted molar refractivity (Wildman–Crippen MR) is 130 cm³/mol. The molecule has 4 heterocycles. The number of pyridine rings is 2. The van der Waals surface area contributed by atoms with Crippen molar-refractivity contribution < 1.29 is 4.79 Å².